The van der Waals surface area contributed by atoms with Crippen LogP contribution in [0.1, 0.15) is 0 Å². The van der Waals surface area contributed by atoms with Gasteiger partial charge in [0.25, 0.3) is 0 Å². The van der Waals surface area contributed by atoms with Crippen LogP contribution in [0.15, 0.2) is 85.2 Å². The fraction of sp³-hybridized carbons (Fsp3) is 0. The fourth-order valence-electron chi connectivity index (χ4n) is 2.03. The maximum atomic E-state index is 4.18. The average Bonchev–Trinajstić information content (AvgIpc) is 2.56. The van der Waals surface area contributed by atoms with E-state index in [9.17, 15) is 0 Å². The van der Waals surface area contributed by atoms with E-state index in [-0.39, 0.29) is 37.2 Å². The highest BCUT2D eigenvalue weighted by molar-refractivity contribution is 5.86. The van der Waals surface area contributed by atoms with Crippen molar-refractivity contribution in [1.29, 1.82) is 0 Å². The van der Waals surface area contributed by atoms with Gasteiger partial charge in [0.05, 0.1) is 11.0 Å². The first-order chi connectivity index (χ1) is 9.93. The van der Waals surface area contributed by atoms with Crippen molar-refractivity contribution in [3.05, 3.63) is 85.2 Å². The summed E-state index contributed by atoms with van der Waals surface area (Å²) < 4.78 is 0. The SMILES string of the molecule is Cl.Cl.Cl.c1ccc2ncccc2c1.c1ccc2ncccc2c1. The normalized spacial score (nSPS) is 8.70. The van der Waals surface area contributed by atoms with Crippen molar-refractivity contribution in [3.8, 4) is 0 Å². The number of halogens is 3. The van der Waals surface area contributed by atoms with Gasteiger partial charge in [-0.1, -0.05) is 48.5 Å². The molecule has 0 fully saturated rings. The minimum absolute atomic E-state index is 0. The van der Waals surface area contributed by atoms with Crippen molar-refractivity contribution in [3.63, 3.8) is 0 Å². The molecule has 2 heterocycles. The Balaban J connectivity index is 0.000000372. The number of benzene rings is 2. The van der Waals surface area contributed by atoms with Gasteiger partial charge in [0.1, 0.15) is 0 Å². The Kier molecular flexibility index (Phi) is 9.91. The summed E-state index contributed by atoms with van der Waals surface area (Å²) in [6, 6.07) is 24.2. The third kappa shape index (κ3) is 5.68. The molecule has 0 saturated carbocycles. The maximum Gasteiger partial charge on any atom is 0.0701 e. The highest BCUT2D eigenvalue weighted by Gasteiger charge is 1.87. The zero-order valence-corrected chi connectivity index (χ0v) is 14.7. The molecule has 0 atom stereocenters. The molecule has 0 unspecified atom stereocenters. The van der Waals surface area contributed by atoms with Gasteiger partial charge < -0.3 is 0 Å². The average molecular weight is 368 g/mol. The lowest BCUT2D eigenvalue weighted by molar-refractivity contribution is 1.41. The predicted molar refractivity (Wildman–Crippen MR) is 105 cm³/mol. The van der Waals surface area contributed by atoms with Gasteiger partial charge in [-0.3, -0.25) is 9.97 Å². The molecule has 0 amide bonds. The van der Waals surface area contributed by atoms with Crippen LogP contribution < -0.4 is 0 Å². The summed E-state index contributed by atoms with van der Waals surface area (Å²) in [4.78, 5) is 8.36. The lowest BCUT2D eigenvalue weighted by Crippen LogP contribution is -1.73. The van der Waals surface area contributed by atoms with E-state index in [1.165, 1.54) is 10.8 Å². The number of pyridine rings is 2. The van der Waals surface area contributed by atoms with Crippen LogP contribution in [0.25, 0.3) is 21.8 Å². The zero-order valence-electron chi connectivity index (χ0n) is 12.2. The van der Waals surface area contributed by atoms with Crippen molar-refractivity contribution in [2.24, 2.45) is 0 Å². The van der Waals surface area contributed by atoms with Crippen molar-refractivity contribution >= 4 is 59.0 Å². The molecule has 2 aromatic heterocycles. The number of nitrogens with zero attached hydrogens (tertiary/aromatic N) is 2. The smallest absolute Gasteiger partial charge is 0.0701 e. The van der Waals surface area contributed by atoms with Crippen molar-refractivity contribution in [2.45, 2.75) is 0 Å². The van der Waals surface area contributed by atoms with Gasteiger partial charge in [-0.25, -0.2) is 0 Å². The van der Waals surface area contributed by atoms with Crippen LogP contribution in [-0.4, -0.2) is 9.97 Å². The number of aromatic nitrogens is 2. The van der Waals surface area contributed by atoms with Gasteiger partial charge in [-0.2, -0.15) is 0 Å². The number of rotatable bonds is 0. The van der Waals surface area contributed by atoms with Crippen molar-refractivity contribution in [1.82, 2.24) is 9.97 Å². The molecule has 0 radical (unpaired) electrons. The topological polar surface area (TPSA) is 25.8 Å². The molecule has 0 aliphatic heterocycles. The van der Waals surface area contributed by atoms with Crippen molar-refractivity contribution in [2.75, 3.05) is 0 Å². The molecule has 0 aliphatic rings. The number of hydrogen-bond donors (Lipinski definition) is 0. The Hall–Kier alpha value is -1.87. The Morgan fingerprint density at radius 2 is 0.783 bits per heavy atom. The van der Waals surface area contributed by atoms with E-state index in [1.54, 1.807) is 0 Å². The molecule has 5 heteroatoms. The second kappa shape index (κ2) is 10.8. The number of hydrogen-bond acceptors (Lipinski definition) is 2. The largest absolute Gasteiger partial charge is 0.256 e. The molecule has 0 saturated heterocycles. The number of fused-ring (bicyclic) bond motifs is 2. The first-order valence-corrected chi connectivity index (χ1v) is 6.53. The van der Waals surface area contributed by atoms with Gasteiger partial charge in [0.15, 0.2) is 0 Å². The zero-order chi connectivity index (χ0) is 13.6. The molecule has 0 N–H and O–H groups in total. The van der Waals surface area contributed by atoms with E-state index in [0.29, 0.717) is 0 Å². The molecule has 4 rings (SSSR count). The van der Waals surface area contributed by atoms with E-state index in [0.717, 1.165) is 11.0 Å². The summed E-state index contributed by atoms with van der Waals surface area (Å²) in [6.45, 7) is 0. The van der Waals surface area contributed by atoms with Crippen LogP contribution in [0.3, 0.4) is 0 Å². The second-order valence-electron chi connectivity index (χ2n) is 4.39. The van der Waals surface area contributed by atoms with Crippen LogP contribution in [0.4, 0.5) is 0 Å². The quantitative estimate of drug-likeness (QED) is 0.396. The summed E-state index contributed by atoms with van der Waals surface area (Å²) in [6.07, 6.45) is 3.62. The van der Waals surface area contributed by atoms with E-state index < -0.39 is 0 Å². The Labute approximate surface area is 154 Å². The lowest BCUT2D eigenvalue weighted by atomic mass is 10.2. The summed E-state index contributed by atoms with van der Waals surface area (Å²) in [5.41, 5.74) is 2.12. The highest BCUT2D eigenvalue weighted by atomic mass is 35.5. The Morgan fingerprint density at radius 3 is 1.17 bits per heavy atom. The first-order valence-electron chi connectivity index (χ1n) is 6.53. The molecular formula is C18H17Cl3N2. The van der Waals surface area contributed by atoms with E-state index in [1.807, 2.05) is 60.9 Å². The Morgan fingerprint density at radius 1 is 0.435 bits per heavy atom. The molecule has 2 aromatic carbocycles. The van der Waals surface area contributed by atoms with Crippen LogP contribution in [0.5, 0.6) is 0 Å². The summed E-state index contributed by atoms with van der Waals surface area (Å²) in [5.74, 6) is 0. The maximum absolute atomic E-state index is 4.18. The van der Waals surface area contributed by atoms with Crippen LogP contribution in [0, 0.1) is 0 Å². The summed E-state index contributed by atoms with van der Waals surface area (Å²) >= 11 is 0. The van der Waals surface area contributed by atoms with Gasteiger partial charge in [0.2, 0.25) is 0 Å². The van der Waals surface area contributed by atoms with E-state index in [2.05, 4.69) is 34.2 Å². The molecule has 0 spiro atoms. The monoisotopic (exact) mass is 366 g/mol. The molecule has 0 bridgehead atoms. The number of para-hydroxylation sites is 2. The fourth-order valence-corrected chi connectivity index (χ4v) is 2.03. The predicted octanol–water partition coefficient (Wildman–Crippen LogP) is 5.74. The summed E-state index contributed by atoms with van der Waals surface area (Å²) in [5, 5.41) is 2.40. The first kappa shape index (κ1) is 21.1. The standard InChI is InChI=1S/2C9H7N.3ClH/c2*1-2-6-9-8(4-1)5-3-7-10-9;;;/h2*1-7H;3*1H. The van der Waals surface area contributed by atoms with Gasteiger partial charge >= 0.3 is 0 Å². The second-order valence-corrected chi connectivity index (χ2v) is 4.39. The van der Waals surface area contributed by atoms with Gasteiger partial charge in [-0.05, 0) is 24.3 Å². The molecule has 23 heavy (non-hydrogen) atoms. The van der Waals surface area contributed by atoms with Crippen LogP contribution in [0.2, 0.25) is 0 Å². The minimum atomic E-state index is 0. The van der Waals surface area contributed by atoms with E-state index >= 15 is 0 Å². The molecule has 2 nitrogen and oxygen atoms in total. The molecular weight excluding hydrogens is 351 g/mol. The molecule has 0 aliphatic carbocycles. The van der Waals surface area contributed by atoms with Gasteiger partial charge in [0, 0.05) is 23.2 Å². The van der Waals surface area contributed by atoms with Gasteiger partial charge in [-0.15, -0.1) is 37.2 Å². The Bertz CT molecular complexity index is 636. The van der Waals surface area contributed by atoms with Crippen molar-refractivity contribution < 1.29 is 0 Å². The van der Waals surface area contributed by atoms with Crippen LogP contribution in [-0.2, 0) is 0 Å². The lowest BCUT2D eigenvalue weighted by Gasteiger charge is -1.91. The minimum Gasteiger partial charge on any atom is -0.256 e. The third-order valence-electron chi connectivity index (χ3n) is 3.02. The van der Waals surface area contributed by atoms with E-state index in [4.69, 9.17) is 0 Å². The highest BCUT2D eigenvalue weighted by Crippen LogP contribution is 2.08. The molecule has 4 aromatic rings. The van der Waals surface area contributed by atoms with Crippen LogP contribution >= 0.6 is 37.2 Å². The summed E-state index contributed by atoms with van der Waals surface area (Å²) in [7, 11) is 0. The molecule has 120 valence electrons. The third-order valence-corrected chi connectivity index (χ3v) is 3.02.